The molecule has 0 fully saturated rings. The molecule has 212 valence electrons. The molecule has 3 N–H and O–H groups in total. The van der Waals surface area contributed by atoms with E-state index in [2.05, 4.69) is 54.1 Å². The molecule has 0 radical (unpaired) electrons. The minimum Gasteiger partial charge on any atom is -0.492 e. The lowest BCUT2D eigenvalue weighted by Crippen LogP contribution is -2.26. The molecule has 0 aliphatic carbocycles. The fraction of sp³-hybridized carbons (Fsp3) is 0.303. The first-order chi connectivity index (χ1) is 19.3. The predicted octanol–water partition coefficient (Wildman–Crippen LogP) is 7.00. The van der Waals surface area contributed by atoms with Crippen molar-refractivity contribution < 1.29 is 19.4 Å². The number of rotatable bonds is 12. The van der Waals surface area contributed by atoms with Gasteiger partial charge in [-0.05, 0) is 80.1 Å². The number of hydrogen-bond donors (Lipinski definition) is 2. The van der Waals surface area contributed by atoms with Crippen LogP contribution in [0.5, 0.6) is 5.75 Å². The maximum Gasteiger partial charge on any atom is 0.333 e. The molecule has 40 heavy (non-hydrogen) atoms. The summed E-state index contributed by atoms with van der Waals surface area (Å²) in [6.45, 7) is 7.54. The van der Waals surface area contributed by atoms with Crippen molar-refractivity contribution in [3.05, 3.63) is 108 Å². The number of benzene rings is 3. The Kier molecular flexibility index (Phi) is 12.3. The number of ether oxygens (including phenoxy) is 2. The van der Waals surface area contributed by atoms with Gasteiger partial charge in [0.15, 0.2) is 6.10 Å². The van der Waals surface area contributed by atoms with E-state index in [0.29, 0.717) is 19.6 Å². The van der Waals surface area contributed by atoms with Crippen molar-refractivity contribution in [3.8, 4) is 17.0 Å². The van der Waals surface area contributed by atoms with Crippen molar-refractivity contribution >= 4 is 17.7 Å². The van der Waals surface area contributed by atoms with Gasteiger partial charge < -0.3 is 24.9 Å². The molecule has 0 saturated heterocycles. The molecule has 0 amide bonds. The molecule has 4 aromatic rings. The maximum atomic E-state index is 11.3. The molecule has 7 heteroatoms. The monoisotopic (exact) mass is 560 g/mol. The van der Waals surface area contributed by atoms with Crippen LogP contribution in [0.2, 0.25) is 0 Å². The highest BCUT2D eigenvalue weighted by molar-refractivity contribution is 7.98. The van der Waals surface area contributed by atoms with Gasteiger partial charge in [-0.25, -0.2) is 4.79 Å². The van der Waals surface area contributed by atoms with Crippen molar-refractivity contribution in [2.24, 2.45) is 5.73 Å². The number of nitrogens with zero attached hydrogens (tertiary/aromatic N) is 1. The zero-order chi connectivity index (χ0) is 28.9. The summed E-state index contributed by atoms with van der Waals surface area (Å²) in [5, 5.41) is 9.23. The minimum absolute atomic E-state index is 0.159. The predicted molar refractivity (Wildman–Crippen MR) is 164 cm³/mol. The van der Waals surface area contributed by atoms with E-state index in [1.807, 2.05) is 61.5 Å². The van der Waals surface area contributed by atoms with Gasteiger partial charge in [-0.1, -0.05) is 54.6 Å². The molecule has 3 aromatic carbocycles. The van der Waals surface area contributed by atoms with E-state index in [1.54, 1.807) is 18.7 Å². The Morgan fingerprint density at radius 1 is 0.975 bits per heavy atom. The average molecular weight is 561 g/mol. The molecular weight excluding hydrogens is 520 g/mol. The Bertz CT molecular complexity index is 1300. The highest BCUT2D eigenvalue weighted by Crippen LogP contribution is 2.25. The standard InChI is InChI=1S/C25H29NO4S.C8H11N/c1-4-29-24(25(27)28)17-19-6-10-21(11-7-19)30-16-15-26-18(2)5-14-23(26)20-8-12-22(31-3)13-9-20;1-7(9)8-5-3-2-4-6-8/h5-14,24H,4,15-17H2,1-3H3,(H,27,28);2-7H,9H2,1H3/t24-;7-/m01/s1. The average Bonchev–Trinajstić information content (AvgIpc) is 3.34. The summed E-state index contributed by atoms with van der Waals surface area (Å²) in [4.78, 5) is 12.5. The largest absolute Gasteiger partial charge is 0.492 e. The molecule has 0 spiro atoms. The van der Waals surface area contributed by atoms with E-state index in [0.717, 1.165) is 17.9 Å². The first-order valence-corrected chi connectivity index (χ1v) is 14.7. The summed E-state index contributed by atoms with van der Waals surface area (Å²) >= 11 is 1.74. The molecule has 6 nitrogen and oxygen atoms in total. The summed E-state index contributed by atoms with van der Waals surface area (Å²) < 4.78 is 13.5. The van der Waals surface area contributed by atoms with Crippen LogP contribution in [0.15, 0.2) is 95.9 Å². The Balaban J connectivity index is 0.000000415. The van der Waals surface area contributed by atoms with Crippen LogP contribution in [-0.4, -0.2) is 41.2 Å². The van der Waals surface area contributed by atoms with E-state index in [-0.39, 0.29) is 6.04 Å². The summed E-state index contributed by atoms with van der Waals surface area (Å²) in [5.74, 6) is -0.175. The highest BCUT2D eigenvalue weighted by Gasteiger charge is 2.17. The van der Waals surface area contributed by atoms with Crippen LogP contribution < -0.4 is 10.5 Å². The number of aliphatic carboxylic acids is 1. The molecule has 1 heterocycles. The number of aryl methyl sites for hydroxylation is 1. The van der Waals surface area contributed by atoms with Gasteiger partial charge in [0.2, 0.25) is 0 Å². The molecule has 0 aliphatic rings. The summed E-state index contributed by atoms with van der Waals surface area (Å²) in [7, 11) is 0. The molecule has 2 atom stereocenters. The van der Waals surface area contributed by atoms with Gasteiger partial charge in [0, 0.05) is 35.4 Å². The Labute approximate surface area is 242 Å². The second-order valence-electron chi connectivity index (χ2n) is 9.42. The first kappa shape index (κ1) is 31.0. The van der Waals surface area contributed by atoms with Crippen LogP contribution in [0, 0.1) is 6.92 Å². The quantitative estimate of drug-likeness (QED) is 0.181. The topological polar surface area (TPSA) is 86.7 Å². The fourth-order valence-electron chi connectivity index (χ4n) is 4.25. The smallest absolute Gasteiger partial charge is 0.333 e. The van der Waals surface area contributed by atoms with E-state index in [9.17, 15) is 9.90 Å². The highest BCUT2D eigenvalue weighted by atomic mass is 32.2. The fourth-order valence-corrected chi connectivity index (χ4v) is 4.65. The van der Waals surface area contributed by atoms with Crippen molar-refractivity contribution in [1.82, 2.24) is 4.57 Å². The minimum atomic E-state index is -0.942. The van der Waals surface area contributed by atoms with E-state index >= 15 is 0 Å². The lowest BCUT2D eigenvalue weighted by Gasteiger charge is -2.14. The van der Waals surface area contributed by atoms with Crippen LogP contribution in [-0.2, 0) is 22.5 Å². The van der Waals surface area contributed by atoms with Crippen molar-refractivity contribution in [1.29, 1.82) is 0 Å². The summed E-state index contributed by atoms with van der Waals surface area (Å²) in [6.07, 6.45) is 1.59. The van der Waals surface area contributed by atoms with Gasteiger partial charge in [0.05, 0.1) is 6.54 Å². The zero-order valence-electron chi connectivity index (χ0n) is 23.7. The van der Waals surface area contributed by atoms with Crippen LogP contribution in [0.25, 0.3) is 11.3 Å². The van der Waals surface area contributed by atoms with E-state index in [1.165, 1.54) is 27.4 Å². The summed E-state index contributed by atoms with van der Waals surface area (Å²) in [6, 6.07) is 30.6. The van der Waals surface area contributed by atoms with Crippen LogP contribution >= 0.6 is 11.8 Å². The normalized spacial score (nSPS) is 12.2. The zero-order valence-corrected chi connectivity index (χ0v) is 24.6. The lowest BCUT2D eigenvalue weighted by molar-refractivity contribution is -0.149. The van der Waals surface area contributed by atoms with Gasteiger partial charge in [0.25, 0.3) is 0 Å². The molecule has 4 rings (SSSR count). The number of hydrogen-bond acceptors (Lipinski definition) is 5. The number of carboxylic acid groups (broad SMARTS) is 1. The van der Waals surface area contributed by atoms with E-state index < -0.39 is 12.1 Å². The van der Waals surface area contributed by atoms with Crippen LogP contribution in [0.4, 0.5) is 0 Å². The molecule has 0 bridgehead atoms. The number of carboxylic acids is 1. The van der Waals surface area contributed by atoms with Gasteiger partial charge >= 0.3 is 5.97 Å². The molecular formula is C33H40N2O4S. The van der Waals surface area contributed by atoms with Crippen LogP contribution in [0.1, 0.15) is 36.7 Å². The Morgan fingerprint density at radius 2 is 1.65 bits per heavy atom. The van der Waals surface area contributed by atoms with Crippen molar-refractivity contribution in [2.75, 3.05) is 19.5 Å². The lowest BCUT2D eigenvalue weighted by atomic mass is 10.1. The Hall–Kier alpha value is -3.52. The van der Waals surface area contributed by atoms with Gasteiger partial charge in [-0.2, -0.15) is 0 Å². The van der Waals surface area contributed by atoms with E-state index in [4.69, 9.17) is 15.2 Å². The van der Waals surface area contributed by atoms with Crippen molar-refractivity contribution in [2.45, 2.75) is 50.8 Å². The third-order valence-corrected chi connectivity index (χ3v) is 7.23. The number of carbonyl (C=O) groups is 1. The maximum absolute atomic E-state index is 11.3. The summed E-state index contributed by atoms with van der Waals surface area (Å²) in [5.41, 5.74) is 11.3. The second kappa shape index (κ2) is 15.9. The molecule has 0 unspecified atom stereocenters. The number of thioether (sulfide) groups is 1. The SMILES string of the molecule is CCO[C@@H](Cc1ccc(OCCn2c(C)ccc2-c2ccc(SC)cc2)cc1)C(=O)O.C[C@@H](N)c1ccccc1. The molecule has 1 aromatic heterocycles. The van der Waals surface area contributed by atoms with Crippen LogP contribution in [0.3, 0.4) is 0 Å². The second-order valence-corrected chi connectivity index (χ2v) is 10.3. The van der Waals surface area contributed by atoms with Gasteiger partial charge in [-0.15, -0.1) is 11.8 Å². The third kappa shape index (κ3) is 9.30. The first-order valence-electron chi connectivity index (χ1n) is 13.5. The molecule has 0 saturated carbocycles. The van der Waals surface area contributed by atoms with Gasteiger partial charge in [0.1, 0.15) is 12.4 Å². The third-order valence-electron chi connectivity index (χ3n) is 6.48. The number of nitrogens with two attached hydrogens (primary N) is 1. The molecule has 0 aliphatic heterocycles. The number of aromatic nitrogens is 1. The van der Waals surface area contributed by atoms with Gasteiger partial charge in [-0.3, -0.25) is 0 Å². The Morgan fingerprint density at radius 3 is 2.20 bits per heavy atom. The van der Waals surface area contributed by atoms with Crippen molar-refractivity contribution in [3.63, 3.8) is 0 Å².